The summed E-state index contributed by atoms with van der Waals surface area (Å²) in [6, 6.07) is 5.74. The van der Waals surface area contributed by atoms with E-state index in [9.17, 15) is 19.2 Å². The zero-order chi connectivity index (χ0) is 24.1. The molecule has 0 saturated carbocycles. The van der Waals surface area contributed by atoms with Gasteiger partial charge in [0, 0.05) is 25.7 Å². The Morgan fingerprint density at radius 1 is 1.19 bits per heavy atom. The lowest BCUT2D eigenvalue weighted by molar-refractivity contribution is -0.142. The zero-order valence-electron chi connectivity index (χ0n) is 19.2. The highest BCUT2D eigenvalue weighted by Crippen LogP contribution is 2.15. The second-order valence-electron chi connectivity index (χ2n) is 7.90. The first-order chi connectivity index (χ1) is 15.1. The van der Waals surface area contributed by atoms with Gasteiger partial charge in [0.25, 0.3) is 0 Å². The quantitative estimate of drug-likeness (QED) is 0.161. The molecule has 6 N–H and O–H groups in total. The van der Waals surface area contributed by atoms with Gasteiger partial charge in [-0.05, 0) is 43.5 Å². The Hall–Kier alpha value is -2.98. The maximum Gasteiger partial charge on any atom is 0.312 e. The standard InChI is InChI=1S/C22H35N5O5/c1-15(2)22(14-28,24-4)13-26-19(6-5-11-25-21(23)31)20(30)27-18-9-7-17(8-10-18)12-32-16(3)29/h7-10,14-15,19,24,26H,5-6,11-13H2,1-4H3,(H,27,30)(H3,23,25,31). The Kier molecular flexibility index (Phi) is 11.4. The third kappa shape index (κ3) is 9.03. The van der Waals surface area contributed by atoms with E-state index >= 15 is 0 Å². The zero-order valence-corrected chi connectivity index (χ0v) is 19.2. The van der Waals surface area contributed by atoms with Gasteiger partial charge in [-0.15, -0.1) is 0 Å². The Bertz CT molecular complexity index is 768. The lowest BCUT2D eigenvalue weighted by Crippen LogP contribution is -2.59. The van der Waals surface area contributed by atoms with Crippen LogP contribution in [0.4, 0.5) is 10.5 Å². The van der Waals surface area contributed by atoms with Crippen LogP contribution in [0.5, 0.6) is 0 Å². The van der Waals surface area contributed by atoms with E-state index in [0.717, 1.165) is 11.8 Å². The number of carbonyl (C=O) groups excluding carboxylic acids is 4. The second kappa shape index (κ2) is 13.4. The molecule has 0 bridgehead atoms. The molecule has 2 atom stereocenters. The fourth-order valence-electron chi connectivity index (χ4n) is 3.05. The molecule has 0 aromatic heterocycles. The number of aldehydes is 1. The number of anilines is 1. The van der Waals surface area contributed by atoms with Gasteiger partial charge in [-0.2, -0.15) is 0 Å². The smallest absolute Gasteiger partial charge is 0.312 e. The highest BCUT2D eigenvalue weighted by Gasteiger charge is 2.33. The van der Waals surface area contributed by atoms with Crippen molar-refractivity contribution < 1.29 is 23.9 Å². The molecule has 0 saturated heterocycles. The number of esters is 1. The van der Waals surface area contributed by atoms with Crippen molar-refractivity contribution >= 4 is 29.9 Å². The van der Waals surface area contributed by atoms with Gasteiger partial charge in [0.15, 0.2) is 0 Å². The molecule has 0 spiro atoms. The summed E-state index contributed by atoms with van der Waals surface area (Å²) in [7, 11) is 1.71. The number of rotatable bonds is 14. The Morgan fingerprint density at radius 3 is 2.34 bits per heavy atom. The Labute approximate surface area is 189 Å². The summed E-state index contributed by atoms with van der Waals surface area (Å²) in [5.41, 5.74) is 5.65. The van der Waals surface area contributed by atoms with E-state index in [0.29, 0.717) is 25.1 Å². The average molecular weight is 450 g/mol. The molecule has 0 aliphatic carbocycles. The second-order valence-corrected chi connectivity index (χ2v) is 7.90. The first-order valence-corrected chi connectivity index (χ1v) is 10.6. The molecule has 178 valence electrons. The van der Waals surface area contributed by atoms with E-state index in [-0.39, 0.29) is 30.9 Å². The molecular formula is C22H35N5O5. The molecule has 1 aromatic carbocycles. The summed E-state index contributed by atoms with van der Waals surface area (Å²) in [5.74, 6) is -0.629. The van der Waals surface area contributed by atoms with Crippen LogP contribution >= 0.6 is 0 Å². The molecule has 0 aliphatic heterocycles. The molecule has 0 heterocycles. The molecule has 1 rings (SSSR count). The van der Waals surface area contributed by atoms with E-state index in [1.54, 1.807) is 31.3 Å². The first-order valence-electron chi connectivity index (χ1n) is 10.6. The monoisotopic (exact) mass is 449 g/mol. The van der Waals surface area contributed by atoms with Crippen molar-refractivity contribution in [3.05, 3.63) is 29.8 Å². The number of benzene rings is 1. The van der Waals surface area contributed by atoms with E-state index in [2.05, 4.69) is 21.3 Å². The number of amides is 3. The molecule has 0 radical (unpaired) electrons. The number of ether oxygens (including phenoxy) is 1. The summed E-state index contributed by atoms with van der Waals surface area (Å²) in [5, 5.41) is 11.6. The van der Waals surface area contributed by atoms with Gasteiger partial charge in [-0.1, -0.05) is 26.0 Å². The molecule has 10 heteroatoms. The molecule has 32 heavy (non-hydrogen) atoms. The minimum absolute atomic E-state index is 0.00232. The normalized spacial score (nSPS) is 13.7. The van der Waals surface area contributed by atoms with Crippen molar-refractivity contribution in [3.8, 4) is 0 Å². The fraction of sp³-hybridized carbons (Fsp3) is 0.545. The van der Waals surface area contributed by atoms with Gasteiger partial charge in [-0.3, -0.25) is 9.59 Å². The largest absolute Gasteiger partial charge is 0.461 e. The average Bonchev–Trinajstić information content (AvgIpc) is 2.75. The Morgan fingerprint density at radius 2 is 1.84 bits per heavy atom. The van der Waals surface area contributed by atoms with E-state index < -0.39 is 17.6 Å². The van der Waals surface area contributed by atoms with Crippen LogP contribution < -0.4 is 27.0 Å². The van der Waals surface area contributed by atoms with Crippen LogP contribution in [-0.2, 0) is 25.7 Å². The maximum absolute atomic E-state index is 12.9. The summed E-state index contributed by atoms with van der Waals surface area (Å²) in [6.07, 6.45) is 1.80. The SMILES string of the molecule is CNC(C=O)(CNC(CCCNC(N)=O)C(=O)Nc1ccc(COC(C)=O)cc1)C(C)C. The molecule has 0 aliphatic rings. The van der Waals surface area contributed by atoms with E-state index in [1.165, 1.54) is 6.92 Å². The molecule has 10 nitrogen and oxygen atoms in total. The third-order valence-electron chi connectivity index (χ3n) is 5.30. The highest BCUT2D eigenvalue weighted by molar-refractivity contribution is 5.94. The van der Waals surface area contributed by atoms with Crippen molar-refractivity contribution in [3.63, 3.8) is 0 Å². The lowest BCUT2D eigenvalue weighted by Gasteiger charge is -2.33. The predicted octanol–water partition coefficient (Wildman–Crippen LogP) is 0.908. The van der Waals surface area contributed by atoms with Crippen molar-refractivity contribution in [2.75, 3.05) is 25.5 Å². The first kappa shape index (κ1) is 27.1. The summed E-state index contributed by atoms with van der Waals surface area (Å²) in [4.78, 5) is 46.5. The van der Waals surface area contributed by atoms with Crippen molar-refractivity contribution in [1.82, 2.24) is 16.0 Å². The van der Waals surface area contributed by atoms with Crippen LogP contribution in [0.1, 0.15) is 39.2 Å². The minimum Gasteiger partial charge on any atom is -0.461 e. The van der Waals surface area contributed by atoms with Gasteiger partial charge < -0.3 is 36.5 Å². The van der Waals surface area contributed by atoms with Crippen molar-refractivity contribution in [2.24, 2.45) is 11.7 Å². The lowest BCUT2D eigenvalue weighted by atomic mass is 9.87. The number of likely N-dealkylation sites (N-methyl/N-ethyl adjacent to an activating group) is 1. The summed E-state index contributed by atoms with van der Waals surface area (Å²) >= 11 is 0. The summed E-state index contributed by atoms with van der Waals surface area (Å²) in [6.45, 7) is 5.95. The van der Waals surface area contributed by atoms with Gasteiger partial charge in [0.05, 0.1) is 11.6 Å². The van der Waals surface area contributed by atoms with Crippen LogP contribution in [0.2, 0.25) is 0 Å². The topological polar surface area (TPSA) is 152 Å². The molecule has 2 unspecified atom stereocenters. The van der Waals surface area contributed by atoms with Gasteiger partial charge in [0.1, 0.15) is 12.9 Å². The van der Waals surface area contributed by atoms with Crippen LogP contribution in [0.25, 0.3) is 0 Å². The van der Waals surface area contributed by atoms with Gasteiger partial charge in [-0.25, -0.2) is 4.79 Å². The van der Waals surface area contributed by atoms with Crippen LogP contribution in [0.15, 0.2) is 24.3 Å². The number of hydrogen-bond donors (Lipinski definition) is 5. The van der Waals surface area contributed by atoms with E-state index in [4.69, 9.17) is 10.5 Å². The third-order valence-corrected chi connectivity index (χ3v) is 5.30. The van der Waals surface area contributed by atoms with E-state index in [1.807, 2.05) is 13.8 Å². The molecular weight excluding hydrogens is 414 g/mol. The number of carbonyl (C=O) groups is 4. The minimum atomic E-state index is -0.817. The molecule has 0 fully saturated rings. The highest BCUT2D eigenvalue weighted by atomic mass is 16.5. The number of primary amides is 1. The Balaban J connectivity index is 2.83. The number of nitrogens with one attached hydrogen (secondary N) is 4. The predicted molar refractivity (Wildman–Crippen MR) is 122 cm³/mol. The number of urea groups is 1. The number of nitrogens with two attached hydrogens (primary N) is 1. The van der Waals surface area contributed by atoms with Crippen molar-refractivity contribution in [2.45, 2.75) is 51.8 Å². The van der Waals surface area contributed by atoms with Gasteiger partial charge >= 0.3 is 12.0 Å². The van der Waals surface area contributed by atoms with Crippen LogP contribution in [0, 0.1) is 5.92 Å². The summed E-state index contributed by atoms with van der Waals surface area (Å²) < 4.78 is 4.95. The fourth-order valence-corrected chi connectivity index (χ4v) is 3.05. The van der Waals surface area contributed by atoms with Crippen LogP contribution in [0.3, 0.4) is 0 Å². The number of hydrogen-bond acceptors (Lipinski definition) is 7. The van der Waals surface area contributed by atoms with Gasteiger partial charge in [0.2, 0.25) is 5.91 Å². The molecule has 1 aromatic rings. The van der Waals surface area contributed by atoms with Crippen molar-refractivity contribution in [1.29, 1.82) is 0 Å². The van der Waals surface area contributed by atoms with Crippen LogP contribution in [-0.4, -0.2) is 55.9 Å². The molecule has 3 amide bonds. The maximum atomic E-state index is 12.9.